The first kappa shape index (κ1) is 17.3. The van der Waals surface area contributed by atoms with Gasteiger partial charge < -0.3 is 28.9 Å². The van der Waals surface area contributed by atoms with Crippen LogP contribution in [-0.2, 0) is 7.05 Å². The first-order valence-corrected chi connectivity index (χ1v) is 8.57. The molecule has 1 aromatic heterocycles. The standard InChI is InChI=1S/C20H19N2S.HI/c1-14-7-6-9-17-20(14)15(11-12-21(17)2)13-19-22(3)16-8-4-5-10-18(16)23-19;/h4-13H,1-3H3;1H/q+1;/p-1. The van der Waals surface area contributed by atoms with E-state index in [-0.39, 0.29) is 24.0 Å². The molecule has 0 saturated carbocycles. The quantitative estimate of drug-likeness (QED) is 0.414. The van der Waals surface area contributed by atoms with Gasteiger partial charge in [0.15, 0.2) is 6.20 Å². The molecule has 122 valence electrons. The third-order valence-electron chi connectivity index (χ3n) is 4.45. The predicted molar refractivity (Wildman–Crippen MR) is 98.5 cm³/mol. The number of hydrogen-bond donors (Lipinski definition) is 0. The Labute approximate surface area is 164 Å². The van der Waals surface area contributed by atoms with Crippen molar-refractivity contribution in [2.45, 2.75) is 11.8 Å². The third kappa shape index (κ3) is 2.82. The van der Waals surface area contributed by atoms with Gasteiger partial charge in [-0.05, 0) is 36.3 Å². The van der Waals surface area contributed by atoms with E-state index in [0.717, 1.165) is 0 Å². The Morgan fingerprint density at radius 2 is 1.83 bits per heavy atom. The van der Waals surface area contributed by atoms with E-state index < -0.39 is 0 Å². The van der Waals surface area contributed by atoms with Crippen molar-refractivity contribution in [3.05, 3.63) is 70.9 Å². The molecule has 3 aromatic rings. The molecule has 1 aliphatic heterocycles. The molecule has 2 nitrogen and oxygen atoms in total. The third-order valence-corrected chi connectivity index (χ3v) is 5.61. The molecule has 0 spiro atoms. The lowest BCUT2D eigenvalue weighted by atomic mass is 10.0. The molecular weight excluding hydrogens is 427 g/mol. The minimum Gasteiger partial charge on any atom is -1.00 e. The summed E-state index contributed by atoms with van der Waals surface area (Å²) in [6.45, 7) is 2.19. The zero-order valence-corrected chi connectivity index (χ0v) is 16.9. The molecular formula is C20H19IN2S. The molecule has 0 radical (unpaired) electrons. The van der Waals surface area contributed by atoms with Gasteiger partial charge in [-0.25, -0.2) is 4.57 Å². The van der Waals surface area contributed by atoms with Crippen LogP contribution in [0.5, 0.6) is 0 Å². The van der Waals surface area contributed by atoms with Crippen LogP contribution in [0.3, 0.4) is 0 Å². The van der Waals surface area contributed by atoms with Crippen molar-refractivity contribution >= 4 is 34.4 Å². The average Bonchev–Trinajstić information content (AvgIpc) is 2.87. The number of halogens is 1. The van der Waals surface area contributed by atoms with Gasteiger partial charge in [0, 0.05) is 24.1 Å². The van der Waals surface area contributed by atoms with E-state index in [4.69, 9.17) is 0 Å². The molecule has 2 heterocycles. The monoisotopic (exact) mass is 446 g/mol. The van der Waals surface area contributed by atoms with Crippen molar-refractivity contribution in [3.8, 4) is 0 Å². The second kappa shape index (κ2) is 6.76. The number of aromatic nitrogens is 1. The van der Waals surface area contributed by atoms with E-state index >= 15 is 0 Å². The number of fused-ring (bicyclic) bond motifs is 2. The molecule has 0 saturated heterocycles. The highest BCUT2D eigenvalue weighted by molar-refractivity contribution is 8.03. The number of para-hydroxylation sites is 1. The molecule has 24 heavy (non-hydrogen) atoms. The number of thioether (sulfide) groups is 1. The van der Waals surface area contributed by atoms with Gasteiger partial charge in [-0.2, -0.15) is 0 Å². The van der Waals surface area contributed by atoms with Gasteiger partial charge in [0.1, 0.15) is 7.05 Å². The van der Waals surface area contributed by atoms with Crippen LogP contribution in [0.2, 0.25) is 0 Å². The molecule has 0 amide bonds. The lowest BCUT2D eigenvalue weighted by molar-refractivity contribution is -0.644. The minimum absolute atomic E-state index is 0. The smallest absolute Gasteiger partial charge is 0.213 e. The van der Waals surface area contributed by atoms with Gasteiger partial charge >= 0.3 is 0 Å². The Balaban J connectivity index is 0.00000169. The van der Waals surface area contributed by atoms with Crippen LogP contribution in [-0.4, -0.2) is 7.05 Å². The van der Waals surface area contributed by atoms with Gasteiger partial charge in [-0.1, -0.05) is 36.0 Å². The van der Waals surface area contributed by atoms with Gasteiger partial charge in [-0.3, -0.25) is 0 Å². The summed E-state index contributed by atoms with van der Waals surface area (Å²) in [5.74, 6) is 0. The molecule has 0 fully saturated rings. The number of benzene rings is 2. The van der Waals surface area contributed by atoms with E-state index in [1.54, 1.807) is 0 Å². The fraction of sp³-hybridized carbons (Fsp3) is 0.150. The maximum absolute atomic E-state index is 2.31. The second-order valence-corrected chi connectivity index (χ2v) is 7.02. The van der Waals surface area contributed by atoms with Gasteiger partial charge in [0.05, 0.1) is 16.1 Å². The molecule has 2 aromatic carbocycles. The van der Waals surface area contributed by atoms with E-state index in [0.29, 0.717) is 0 Å². The van der Waals surface area contributed by atoms with Crippen LogP contribution in [0.4, 0.5) is 5.69 Å². The van der Waals surface area contributed by atoms with Crippen LogP contribution in [0.1, 0.15) is 11.1 Å². The molecule has 0 unspecified atom stereocenters. The number of anilines is 1. The number of nitrogens with zero attached hydrogens (tertiary/aromatic N) is 2. The highest BCUT2D eigenvalue weighted by Crippen LogP contribution is 2.45. The van der Waals surface area contributed by atoms with E-state index in [9.17, 15) is 0 Å². The summed E-state index contributed by atoms with van der Waals surface area (Å²) in [5.41, 5.74) is 5.14. The van der Waals surface area contributed by atoms with Crippen molar-refractivity contribution in [2.24, 2.45) is 7.05 Å². The maximum Gasteiger partial charge on any atom is 0.213 e. The summed E-state index contributed by atoms with van der Waals surface area (Å²) < 4.78 is 2.19. The van der Waals surface area contributed by atoms with Crippen molar-refractivity contribution < 1.29 is 28.5 Å². The van der Waals surface area contributed by atoms with E-state index in [1.165, 1.54) is 37.6 Å². The number of aryl methyl sites for hydroxylation is 2. The fourth-order valence-corrected chi connectivity index (χ4v) is 4.28. The number of pyridine rings is 1. The molecule has 0 aliphatic carbocycles. The van der Waals surface area contributed by atoms with Crippen LogP contribution < -0.4 is 33.4 Å². The van der Waals surface area contributed by atoms with Gasteiger partial charge in [0.2, 0.25) is 5.52 Å². The summed E-state index contributed by atoms with van der Waals surface area (Å²) >= 11 is 1.84. The Morgan fingerprint density at radius 3 is 2.62 bits per heavy atom. The highest BCUT2D eigenvalue weighted by Gasteiger charge is 2.22. The molecule has 0 atom stereocenters. The summed E-state index contributed by atoms with van der Waals surface area (Å²) in [6, 6.07) is 17.3. The summed E-state index contributed by atoms with van der Waals surface area (Å²) in [6.07, 6.45) is 4.45. The summed E-state index contributed by atoms with van der Waals surface area (Å²) in [4.78, 5) is 3.60. The average molecular weight is 446 g/mol. The van der Waals surface area contributed by atoms with Crippen molar-refractivity contribution in [2.75, 3.05) is 11.9 Å². The molecule has 1 aliphatic rings. The van der Waals surface area contributed by atoms with Gasteiger partial charge in [-0.15, -0.1) is 0 Å². The summed E-state index contributed by atoms with van der Waals surface area (Å²) in [5, 5.41) is 2.60. The Bertz CT molecular complexity index is 950. The zero-order valence-electron chi connectivity index (χ0n) is 14.0. The minimum atomic E-state index is 0. The lowest BCUT2D eigenvalue weighted by Crippen LogP contribution is -3.00. The van der Waals surface area contributed by atoms with E-state index in [2.05, 4.69) is 91.3 Å². The SMILES string of the molecule is Cc1cccc2c1c(/C=C1\Sc3ccccc3N1C)cc[n+]2C.[I-]. The summed E-state index contributed by atoms with van der Waals surface area (Å²) in [7, 11) is 4.24. The highest BCUT2D eigenvalue weighted by atomic mass is 127. The lowest BCUT2D eigenvalue weighted by Gasteiger charge is -2.14. The fourth-order valence-electron chi connectivity index (χ4n) is 3.18. The Hall–Kier alpha value is -1.53. The molecule has 4 rings (SSSR count). The van der Waals surface area contributed by atoms with Gasteiger partial charge in [0.25, 0.3) is 0 Å². The molecule has 0 N–H and O–H groups in total. The van der Waals surface area contributed by atoms with Crippen LogP contribution >= 0.6 is 11.8 Å². The molecule has 0 bridgehead atoms. The normalized spacial score (nSPS) is 14.8. The topological polar surface area (TPSA) is 7.12 Å². The number of hydrogen-bond acceptors (Lipinski definition) is 2. The first-order valence-electron chi connectivity index (χ1n) is 7.75. The van der Waals surface area contributed by atoms with Crippen molar-refractivity contribution in [3.63, 3.8) is 0 Å². The largest absolute Gasteiger partial charge is 1.00 e. The Morgan fingerprint density at radius 1 is 1.04 bits per heavy atom. The van der Waals surface area contributed by atoms with Crippen LogP contribution in [0, 0.1) is 6.92 Å². The second-order valence-electron chi connectivity index (χ2n) is 5.96. The van der Waals surface area contributed by atoms with Crippen LogP contribution in [0.15, 0.2) is 64.7 Å². The zero-order chi connectivity index (χ0) is 16.0. The molecule has 4 heteroatoms. The number of rotatable bonds is 1. The predicted octanol–water partition coefficient (Wildman–Crippen LogP) is 1.52. The maximum atomic E-state index is 2.31. The van der Waals surface area contributed by atoms with Crippen LogP contribution in [0.25, 0.3) is 17.0 Å². The van der Waals surface area contributed by atoms with Crippen molar-refractivity contribution in [1.82, 2.24) is 0 Å². The van der Waals surface area contributed by atoms with Crippen molar-refractivity contribution in [1.29, 1.82) is 0 Å². The van der Waals surface area contributed by atoms with E-state index in [1.807, 2.05) is 11.8 Å². The Kier molecular flexibility index (Phi) is 4.88. The first-order chi connectivity index (χ1) is 11.1.